The minimum Gasteiger partial charge on any atom is -0.364 e. The number of anilines is 1. The number of nitrogens with zero attached hydrogens (tertiary/aromatic N) is 3. The molecule has 0 atom stereocenters. The third-order valence-electron chi connectivity index (χ3n) is 2.58. The van der Waals surface area contributed by atoms with Crippen LogP contribution in [0.15, 0.2) is 18.2 Å². The van der Waals surface area contributed by atoms with Gasteiger partial charge in [-0.2, -0.15) is 0 Å². The van der Waals surface area contributed by atoms with Gasteiger partial charge < -0.3 is 15.6 Å². The van der Waals surface area contributed by atoms with E-state index in [2.05, 4.69) is 15.5 Å². The number of nitrogens with one attached hydrogen (secondary N) is 1. The summed E-state index contributed by atoms with van der Waals surface area (Å²) in [5.41, 5.74) is 6.09. The highest BCUT2D eigenvalue weighted by molar-refractivity contribution is 6.41. The molecule has 0 aliphatic heterocycles. The topological polar surface area (TPSA) is 85.8 Å². The summed E-state index contributed by atoms with van der Waals surface area (Å²) in [6, 6.07) is 4.89. The van der Waals surface area contributed by atoms with Gasteiger partial charge in [0.25, 0.3) is 5.91 Å². The van der Waals surface area contributed by atoms with Gasteiger partial charge in [-0.05, 0) is 18.2 Å². The van der Waals surface area contributed by atoms with E-state index in [0.717, 1.165) is 5.69 Å². The van der Waals surface area contributed by atoms with Gasteiger partial charge in [0.1, 0.15) is 11.0 Å². The summed E-state index contributed by atoms with van der Waals surface area (Å²) in [6.07, 6.45) is 0. The zero-order chi connectivity index (χ0) is 14.0. The summed E-state index contributed by atoms with van der Waals surface area (Å²) in [5.74, 6) is -0.0847. The van der Waals surface area contributed by atoms with E-state index < -0.39 is 5.91 Å². The summed E-state index contributed by atoms with van der Waals surface area (Å²) in [5, 5.41) is 11.5. The Morgan fingerprint density at radius 1 is 1.42 bits per heavy atom. The number of amides is 1. The smallest absolute Gasteiger partial charge is 0.269 e. The van der Waals surface area contributed by atoms with E-state index in [1.165, 1.54) is 6.07 Å². The minimum absolute atomic E-state index is 0.121. The first kappa shape index (κ1) is 13.6. The molecule has 0 aliphatic carbocycles. The van der Waals surface area contributed by atoms with Crippen LogP contribution in [0.2, 0.25) is 10.2 Å². The Morgan fingerprint density at radius 2 is 2.16 bits per heavy atom. The van der Waals surface area contributed by atoms with Crippen LogP contribution in [-0.2, 0) is 13.6 Å². The molecule has 0 aliphatic rings. The van der Waals surface area contributed by atoms with E-state index in [9.17, 15) is 4.79 Å². The van der Waals surface area contributed by atoms with Crippen LogP contribution < -0.4 is 11.1 Å². The van der Waals surface area contributed by atoms with Gasteiger partial charge >= 0.3 is 0 Å². The fourth-order valence-corrected chi connectivity index (χ4v) is 1.91. The Hall–Kier alpha value is -1.79. The zero-order valence-electron chi connectivity index (χ0n) is 10.0. The number of hydrogen-bond acceptors (Lipinski definition) is 4. The Bertz CT molecular complexity index is 608. The maximum atomic E-state index is 10.8. The van der Waals surface area contributed by atoms with E-state index in [-0.39, 0.29) is 5.69 Å². The number of halogens is 2. The normalized spacial score (nSPS) is 10.5. The standard InChI is InChI=1S/C11H11Cl2N5O/c1-18-6(4-7(12)10(18)13)5-15-9-3-2-8(11(14)19)16-17-9/h2-4H,5H2,1H3,(H2,14,19)(H,15,17). The lowest BCUT2D eigenvalue weighted by Crippen LogP contribution is -2.14. The van der Waals surface area contributed by atoms with Crippen LogP contribution in [0.4, 0.5) is 5.82 Å². The highest BCUT2D eigenvalue weighted by Gasteiger charge is 2.09. The number of carbonyl (C=O) groups is 1. The van der Waals surface area contributed by atoms with Crippen molar-refractivity contribution in [1.29, 1.82) is 0 Å². The molecular formula is C11H11Cl2N5O. The second-order valence-electron chi connectivity index (χ2n) is 3.86. The van der Waals surface area contributed by atoms with Crippen molar-refractivity contribution < 1.29 is 4.79 Å². The molecule has 0 spiro atoms. The molecule has 2 rings (SSSR count). The molecule has 0 unspecified atom stereocenters. The maximum absolute atomic E-state index is 10.8. The molecule has 19 heavy (non-hydrogen) atoms. The van der Waals surface area contributed by atoms with Crippen molar-refractivity contribution in [2.24, 2.45) is 12.8 Å². The van der Waals surface area contributed by atoms with E-state index in [1.807, 2.05) is 7.05 Å². The second-order valence-corrected chi connectivity index (χ2v) is 4.62. The monoisotopic (exact) mass is 299 g/mol. The van der Waals surface area contributed by atoms with Crippen LogP contribution in [-0.4, -0.2) is 20.7 Å². The number of aromatic nitrogens is 3. The van der Waals surface area contributed by atoms with Gasteiger partial charge in [-0.15, -0.1) is 10.2 Å². The second kappa shape index (κ2) is 5.46. The Balaban J connectivity index is 2.06. The third kappa shape index (κ3) is 2.97. The average molecular weight is 300 g/mol. The van der Waals surface area contributed by atoms with Crippen molar-refractivity contribution in [2.75, 3.05) is 5.32 Å². The Kier molecular flexibility index (Phi) is 3.92. The molecule has 100 valence electrons. The molecule has 2 aromatic rings. The first-order chi connectivity index (χ1) is 8.99. The highest BCUT2D eigenvalue weighted by atomic mass is 35.5. The van der Waals surface area contributed by atoms with Crippen LogP contribution in [0, 0.1) is 0 Å². The number of hydrogen-bond donors (Lipinski definition) is 2. The van der Waals surface area contributed by atoms with E-state index in [0.29, 0.717) is 22.5 Å². The lowest BCUT2D eigenvalue weighted by atomic mass is 10.3. The van der Waals surface area contributed by atoms with Crippen molar-refractivity contribution in [3.05, 3.63) is 39.8 Å². The molecule has 0 fully saturated rings. The SMILES string of the molecule is Cn1c(CNc2ccc(C(N)=O)nn2)cc(Cl)c1Cl. The van der Waals surface area contributed by atoms with E-state index >= 15 is 0 Å². The minimum atomic E-state index is -0.611. The van der Waals surface area contributed by atoms with Crippen molar-refractivity contribution in [1.82, 2.24) is 14.8 Å². The third-order valence-corrected chi connectivity index (χ3v) is 3.43. The largest absolute Gasteiger partial charge is 0.364 e. The molecular weight excluding hydrogens is 289 g/mol. The summed E-state index contributed by atoms with van der Waals surface area (Å²) in [6.45, 7) is 0.480. The molecule has 0 aromatic carbocycles. The molecule has 2 heterocycles. The fraction of sp³-hybridized carbons (Fsp3) is 0.182. The van der Waals surface area contributed by atoms with Crippen LogP contribution in [0.5, 0.6) is 0 Å². The zero-order valence-corrected chi connectivity index (χ0v) is 11.5. The average Bonchev–Trinajstić information content (AvgIpc) is 2.64. The molecule has 6 nitrogen and oxygen atoms in total. The lowest BCUT2D eigenvalue weighted by molar-refractivity contribution is 0.0994. The van der Waals surface area contributed by atoms with Gasteiger partial charge in [-0.1, -0.05) is 23.2 Å². The van der Waals surface area contributed by atoms with Gasteiger partial charge in [0.2, 0.25) is 0 Å². The van der Waals surface area contributed by atoms with Gasteiger partial charge in [0.15, 0.2) is 5.69 Å². The van der Waals surface area contributed by atoms with Gasteiger partial charge in [-0.3, -0.25) is 4.79 Å². The first-order valence-electron chi connectivity index (χ1n) is 5.36. The Labute approximate surface area is 119 Å². The number of carbonyl (C=O) groups excluding carboxylic acids is 1. The van der Waals surface area contributed by atoms with Gasteiger partial charge in [0, 0.05) is 12.7 Å². The van der Waals surface area contributed by atoms with Crippen LogP contribution >= 0.6 is 23.2 Å². The molecule has 2 aromatic heterocycles. The predicted molar refractivity (Wildman–Crippen MR) is 73.3 cm³/mol. The molecule has 0 bridgehead atoms. The van der Waals surface area contributed by atoms with Crippen molar-refractivity contribution >= 4 is 34.9 Å². The number of rotatable bonds is 4. The molecule has 3 N–H and O–H groups in total. The van der Waals surface area contributed by atoms with Gasteiger partial charge in [-0.25, -0.2) is 0 Å². The molecule has 1 amide bonds. The first-order valence-corrected chi connectivity index (χ1v) is 6.11. The summed E-state index contributed by atoms with van der Waals surface area (Å²) < 4.78 is 1.77. The predicted octanol–water partition coefficient (Wildman–Crippen LogP) is 1.83. The maximum Gasteiger partial charge on any atom is 0.269 e. The Morgan fingerprint density at radius 3 is 2.63 bits per heavy atom. The van der Waals surface area contributed by atoms with Crippen molar-refractivity contribution in [3.8, 4) is 0 Å². The van der Waals surface area contributed by atoms with Crippen LogP contribution in [0.3, 0.4) is 0 Å². The number of nitrogens with two attached hydrogens (primary N) is 1. The quantitative estimate of drug-likeness (QED) is 0.902. The lowest BCUT2D eigenvalue weighted by Gasteiger charge is -2.06. The van der Waals surface area contributed by atoms with Crippen molar-refractivity contribution in [2.45, 2.75) is 6.54 Å². The van der Waals surface area contributed by atoms with E-state index in [1.54, 1.807) is 16.7 Å². The summed E-state index contributed by atoms with van der Waals surface area (Å²) >= 11 is 11.9. The summed E-state index contributed by atoms with van der Waals surface area (Å²) in [4.78, 5) is 10.8. The molecule has 8 heteroatoms. The summed E-state index contributed by atoms with van der Waals surface area (Å²) in [7, 11) is 1.81. The van der Waals surface area contributed by atoms with Gasteiger partial charge in [0.05, 0.1) is 11.6 Å². The van der Waals surface area contributed by atoms with Crippen LogP contribution in [0.1, 0.15) is 16.2 Å². The molecule has 0 saturated heterocycles. The van der Waals surface area contributed by atoms with E-state index in [4.69, 9.17) is 28.9 Å². The number of primary amides is 1. The highest BCUT2D eigenvalue weighted by Crippen LogP contribution is 2.25. The van der Waals surface area contributed by atoms with Crippen molar-refractivity contribution in [3.63, 3.8) is 0 Å². The van der Waals surface area contributed by atoms with Crippen LogP contribution in [0.25, 0.3) is 0 Å². The molecule has 0 radical (unpaired) electrons. The fourth-order valence-electron chi connectivity index (χ4n) is 1.50. The molecule has 0 saturated carbocycles.